The van der Waals surface area contributed by atoms with Crippen molar-refractivity contribution in [1.82, 2.24) is 5.32 Å². The van der Waals surface area contributed by atoms with Crippen LogP contribution in [0, 0.1) is 11.3 Å². The Morgan fingerprint density at radius 3 is 2.46 bits per heavy atom. The van der Waals surface area contributed by atoms with E-state index in [9.17, 15) is 9.59 Å². The first-order valence-corrected chi connectivity index (χ1v) is 10.0. The highest BCUT2D eigenvalue weighted by atomic mass is 35.5. The van der Waals surface area contributed by atoms with Gasteiger partial charge in [0.15, 0.2) is 0 Å². The zero-order valence-corrected chi connectivity index (χ0v) is 17.6. The van der Waals surface area contributed by atoms with Gasteiger partial charge in [0.1, 0.15) is 0 Å². The molecule has 1 heterocycles. The Labute approximate surface area is 175 Å². The highest BCUT2D eigenvalue weighted by Gasteiger charge is 2.44. The Kier molecular flexibility index (Phi) is 6.01. The van der Waals surface area contributed by atoms with Gasteiger partial charge < -0.3 is 10.6 Å². The molecule has 2 N–H and O–H groups in total. The first kappa shape index (κ1) is 20.7. The number of amides is 2. The van der Waals surface area contributed by atoms with Gasteiger partial charge in [-0.25, -0.2) is 0 Å². The quantitative estimate of drug-likeness (QED) is 0.637. The van der Waals surface area contributed by atoms with Crippen molar-refractivity contribution in [3.63, 3.8) is 0 Å². The average molecular weight is 419 g/mol. The van der Waals surface area contributed by atoms with Gasteiger partial charge in [-0.15, -0.1) is 0 Å². The maximum absolute atomic E-state index is 12.6. The molecular weight excluding hydrogens is 395 g/mol. The van der Waals surface area contributed by atoms with Gasteiger partial charge in [-0.2, -0.15) is 0 Å². The fourth-order valence-electron chi connectivity index (χ4n) is 4.12. The minimum atomic E-state index is -0.266. The lowest BCUT2D eigenvalue weighted by Gasteiger charge is -2.45. The summed E-state index contributed by atoms with van der Waals surface area (Å²) in [4.78, 5) is 23.8. The summed E-state index contributed by atoms with van der Waals surface area (Å²) >= 11 is 12.4. The SMILES string of the molecule is CC(C)(C)C1CC(=O)N[C@@H](c2cccc(Cl)c2)[C@H]1c1ccc(Cl)cc1NC=O. The number of carbonyl (C=O) groups is 2. The van der Waals surface area contributed by atoms with E-state index in [1.807, 2.05) is 36.4 Å². The monoisotopic (exact) mass is 418 g/mol. The number of nitrogens with one attached hydrogen (secondary N) is 2. The third kappa shape index (κ3) is 4.34. The van der Waals surface area contributed by atoms with Crippen molar-refractivity contribution < 1.29 is 9.59 Å². The molecule has 0 spiro atoms. The van der Waals surface area contributed by atoms with Crippen LogP contribution in [0.25, 0.3) is 0 Å². The molecule has 0 saturated carbocycles. The molecule has 0 aliphatic carbocycles. The molecule has 1 aliphatic rings. The zero-order chi connectivity index (χ0) is 20.5. The second-order valence-electron chi connectivity index (χ2n) is 8.30. The topological polar surface area (TPSA) is 58.2 Å². The van der Waals surface area contributed by atoms with E-state index in [1.54, 1.807) is 6.07 Å². The first-order valence-electron chi connectivity index (χ1n) is 9.25. The lowest BCUT2D eigenvalue weighted by atomic mass is 9.63. The minimum Gasteiger partial charge on any atom is -0.349 e. The van der Waals surface area contributed by atoms with Crippen molar-refractivity contribution in [2.45, 2.75) is 39.2 Å². The number of rotatable bonds is 4. The van der Waals surface area contributed by atoms with Crippen LogP contribution in [0.3, 0.4) is 0 Å². The summed E-state index contributed by atoms with van der Waals surface area (Å²) < 4.78 is 0. The Balaban J connectivity index is 2.20. The molecule has 6 heteroatoms. The molecule has 1 saturated heterocycles. The molecule has 3 atom stereocenters. The Morgan fingerprint density at radius 1 is 1.11 bits per heavy atom. The normalized spacial score (nSPS) is 22.5. The molecular formula is C22H24Cl2N2O2. The second kappa shape index (κ2) is 8.14. The van der Waals surface area contributed by atoms with Gasteiger partial charge in [0, 0.05) is 28.1 Å². The molecule has 0 aromatic heterocycles. The third-order valence-electron chi connectivity index (χ3n) is 5.42. The fraction of sp³-hybridized carbons (Fsp3) is 0.364. The maximum atomic E-state index is 12.6. The van der Waals surface area contributed by atoms with Gasteiger partial charge in [-0.1, -0.05) is 62.2 Å². The number of anilines is 1. The van der Waals surface area contributed by atoms with E-state index in [1.165, 1.54) is 0 Å². The van der Waals surface area contributed by atoms with E-state index in [-0.39, 0.29) is 29.2 Å². The molecule has 1 unspecified atom stereocenters. The fourth-order valence-corrected chi connectivity index (χ4v) is 4.49. The van der Waals surface area contributed by atoms with Crippen molar-refractivity contribution in [2.75, 3.05) is 5.32 Å². The van der Waals surface area contributed by atoms with Gasteiger partial charge in [0.25, 0.3) is 0 Å². The number of hydrogen-bond donors (Lipinski definition) is 2. The van der Waals surface area contributed by atoms with Crippen molar-refractivity contribution in [3.8, 4) is 0 Å². The van der Waals surface area contributed by atoms with Crippen LogP contribution in [-0.2, 0) is 9.59 Å². The van der Waals surface area contributed by atoms with Crippen LogP contribution in [0.2, 0.25) is 10.0 Å². The second-order valence-corrected chi connectivity index (χ2v) is 9.17. The molecule has 1 fully saturated rings. The van der Waals surface area contributed by atoms with E-state index in [0.717, 1.165) is 11.1 Å². The molecule has 0 bridgehead atoms. The number of carbonyl (C=O) groups excluding carboxylic acids is 2. The molecule has 0 radical (unpaired) electrons. The summed E-state index contributed by atoms with van der Waals surface area (Å²) in [5.74, 6) is 0.00880. The summed E-state index contributed by atoms with van der Waals surface area (Å²) in [6, 6.07) is 12.8. The van der Waals surface area contributed by atoms with E-state index < -0.39 is 0 Å². The Bertz CT molecular complexity index is 892. The lowest BCUT2D eigenvalue weighted by Crippen LogP contribution is -2.46. The third-order valence-corrected chi connectivity index (χ3v) is 5.89. The summed E-state index contributed by atoms with van der Waals surface area (Å²) in [6.07, 6.45) is 1.06. The first-order chi connectivity index (χ1) is 13.2. The van der Waals surface area contributed by atoms with Gasteiger partial charge in [0.05, 0.1) is 6.04 Å². The molecule has 2 amide bonds. The molecule has 28 heavy (non-hydrogen) atoms. The molecule has 148 valence electrons. The Morgan fingerprint density at radius 2 is 1.82 bits per heavy atom. The van der Waals surface area contributed by atoms with Crippen molar-refractivity contribution in [1.29, 1.82) is 0 Å². The van der Waals surface area contributed by atoms with Crippen molar-refractivity contribution in [3.05, 3.63) is 63.6 Å². The van der Waals surface area contributed by atoms with E-state index in [4.69, 9.17) is 23.2 Å². The van der Waals surface area contributed by atoms with E-state index in [2.05, 4.69) is 31.4 Å². The number of piperidine rings is 1. The van der Waals surface area contributed by atoms with Crippen molar-refractivity contribution in [2.24, 2.45) is 11.3 Å². The predicted octanol–water partition coefficient (Wildman–Crippen LogP) is 5.57. The molecule has 1 aliphatic heterocycles. The smallest absolute Gasteiger partial charge is 0.220 e. The summed E-state index contributed by atoms with van der Waals surface area (Å²) in [6.45, 7) is 6.42. The van der Waals surface area contributed by atoms with Crippen LogP contribution < -0.4 is 10.6 Å². The number of halogens is 2. The van der Waals surface area contributed by atoms with Crippen LogP contribution in [0.1, 0.15) is 50.3 Å². The lowest BCUT2D eigenvalue weighted by molar-refractivity contribution is -0.127. The highest BCUT2D eigenvalue weighted by Crippen LogP contribution is 2.51. The van der Waals surface area contributed by atoms with Crippen LogP contribution >= 0.6 is 23.2 Å². The molecule has 3 rings (SSSR count). The van der Waals surface area contributed by atoms with E-state index in [0.29, 0.717) is 28.6 Å². The zero-order valence-electron chi connectivity index (χ0n) is 16.1. The van der Waals surface area contributed by atoms with Crippen LogP contribution in [0.15, 0.2) is 42.5 Å². The largest absolute Gasteiger partial charge is 0.349 e. The van der Waals surface area contributed by atoms with Gasteiger partial charge in [-0.05, 0) is 46.7 Å². The minimum absolute atomic E-state index is 0.0139. The predicted molar refractivity (Wildman–Crippen MR) is 114 cm³/mol. The molecule has 4 nitrogen and oxygen atoms in total. The summed E-state index contributed by atoms with van der Waals surface area (Å²) in [5.41, 5.74) is 2.41. The average Bonchev–Trinajstić information content (AvgIpc) is 2.61. The highest BCUT2D eigenvalue weighted by molar-refractivity contribution is 6.31. The maximum Gasteiger partial charge on any atom is 0.220 e. The molecule has 2 aromatic rings. The van der Waals surface area contributed by atoms with Crippen LogP contribution in [0.4, 0.5) is 5.69 Å². The number of benzene rings is 2. The van der Waals surface area contributed by atoms with Crippen LogP contribution in [0.5, 0.6) is 0 Å². The summed E-state index contributed by atoms with van der Waals surface area (Å²) in [7, 11) is 0. The van der Waals surface area contributed by atoms with Gasteiger partial charge >= 0.3 is 0 Å². The standard InChI is InChI=1S/C22H24Cl2N2O2/c1-22(2,3)17-11-19(28)26-21(13-5-4-6-14(23)9-13)20(17)16-8-7-15(24)10-18(16)25-12-27/h4-10,12,17,20-21H,11H2,1-3H3,(H,25,27)(H,26,28)/t17?,20-,21-/m0/s1. The van der Waals surface area contributed by atoms with E-state index >= 15 is 0 Å². The number of hydrogen-bond acceptors (Lipinski definition) is 2. The van der Waals surface area contributed by atoms with Crippen LogP contribution in [-0.4, -0.2) is 12.3 Å². The van der Waals surface area contributed by atoms with Gasteiger partial charge in [0.2, 0.25) is 12.3 Å². The summed E-state index contributed by atoms with van der Waals surface area (Å²) in [5, 5.41) is 7.08. The Hall–Kier alpha value is -2.04. The van der Waals surface area contributed by atoms with Crippen molar-refractivity contribution >= 4 is 41.2 Å². The molecule has 2 aromatic carbocycles. The van der Waals surface area contributed by atoms with Gasteiger partial charge in [-0.3, -0.25) is 9.59 Å².